The second-order valence-corrected chi connectivity index (χ2v) is 16.2. The monoisotopic (exact) mass is 804 g/mol. The first-order chi connectivity index (χ1) is 30.4. The maximum Gasteiger partial charge on any atom is 0.0464 e. The van der Waals surface area contributed by atoms with Crippen LogP contribution in [0.5, 0.6) is 0 Å². The molecule has 0 aromatic heterocycles. The topological polar surface area (TPSA) is 13.0 Å². The summed E-state index contributed by atoms with van der Waals surface area (Å²) >= 11 is 0. The summed E-state index contributed by atoms with van der Waals surface area (Å²) in [5.74, 6) is 0.799. The Hall–Kier alpha value is -7.56. The quantitative estimate of drug-likeness (QED) is 0.122. The van der Waals surface area contributed by atoms with E-state index in [1.807, 2.05) is 0 Å². The number of aryl methyl sites for hydroxylation is 2. The molecule has 1 aliphatic carbocycles. The van der Waals surface area contributed by atoms with E-state index in [2.05, 4.69) is 278 Å². The number of para-hydroxylation sites is 3. The van der Waals surface area contributed by atoms with Crippen molar-refractivity contribution in [2.45, 2.75) is 27.7 Å². The highest BCUT2D eigenvalue weighted by molar-refractivity contribution is 5.84. The third-order valence-electron chi connectivity index (χ3n) is 11.9. The van der Waals surface area contributed by atoms with Crippen LogP contribution in [0.15, 0.2) is 236 Å². The van der Waals surface area contributed by atoms with Crippen molar-refractivity contribution < 1.29 is 0 Å². The van der Waals surface area contributed by atoms with Crippen molar-refractivity contribution in [3.8, 4) is 0 Å². The molecule has 0 radical (unpaired) electrons. The SMILES string of the molecule is Cc1cccc(N(c2ccccc2)c2ccc(N(c3ccc(N(C4=CC=CC(C)C4C)c4ccccc4)cc3)c3ccc(N(c4ccccc4)c4cccc(C)c4)cc3)cc2)c1. The van der Waals surface area contributed by atoms with Gasteiger partial charge in [0, 0.05) is 74.2 Å². The molecule has 1 aliphatic rings. The van der Waals surface area contributed by atoms with Gasteiger partial charge >= 0.3 is 0 Å². The van der Waals surface area contributed by atoms with E-state index < -0.39 is 0 Å². The molecule has 2 unspecified atom stereocenters. The molecule has 9 rings (SSSR count). The number of hydrogen-bond donors (Lipinski definition) is 0. The maximum atomic E-state index is 2.41. The average Bonchev–Trinajstić information content (AvgIpc) is 3.31. The average molecular weight is 805 g/mol. The maximum absolute atomic E-state index is 2.41. The van der Waals surface area contributed by atoms with Crippen LogP contribution in [0, 0.1) is 25.7 Å². The molecule has 0 bridgehead atoms. The first-order valence-corrected chi connectivity index (χ1v) is 21.6. The molecule has 304 valence electrons. The van der Waals surface area contributed by atoms with E-state index in [0.717, 1.165) is 62.6 Å². The molecule has 62 heavy (non-hydrogen) atoms. The van der Waals surface area contributed by atoms with Crippen LogP contribution in [-0.2, 0) is 0 Å². The summed E-state index contributed by atoms with van der Waals surface area (Å²) < 4.78 is 0. The summed E-state index contributed by atoms with van der Waals surface area (Å²) in [7, 11) is 0. The van der Waals surface area contributed by atoms with Gasteiger partial charge in [0.05, 0.1) is 0 Å². The fourth-order valence-corrected chi connectivity index (χ4v) is 8.50. The molecule has 0 spiro atoms. The molecule has 0 saturated carbocycles. The van der Waals surface area contributed by atoms with Crippen molar-refractivity contribution in [3.63, 3.8) is 0 Å². The second-order valence-electron chi connectivity index (χ2n) is 16.2. The van der Waals surface area contributed by atoms with Gasteiger partial charge in [0.2, 0.25) is 0 Å². The van der Waals surface area contributed by atoms with E-state index in [4.69, 9.17) is 0 Å². The lowest BCUT2D eigenvalue weighted by atomic mass is 9.87. The second kappa shape index (κ2) is 18.0. The summed E-state index contributed by atoms with van der Waals surface area (Å²) in [6, 6.07) is 76.2. The van der Waals surface area contributed by atoms with Gasteiger partial charge in [0.25, 0.3) is 0 Å². The molecule has 4 nitrogen and oxygen atoms in total. The standard InChI is InChI=1S/C58H52N4/c1-43-17-14-26-56(41-43)60(47-20-8-5-9-21-47)53-33-29-50(30-34-53)59(51-31-35-54(36-32-51)61(48-22-10-6-11-23-48)57-27-15-18-44(2)42-57)52-37-39-55(40-38-52)62(49-24-12-7-13-25-49)58-28-16-19-45(3)46(58)4/h5-42,45-46H,1-4H3. The fourth-order valence-electron chi connectivity index (χ4n) is 8.50. The van der Waals surface area contributed by atoms with Crippen molar-refractivity contribution in [2.75, 3.05) is 19.6 Å². The van der Waals surface area contributed by atoms with E-state index in [9.17, 15) is 0 Å². The number of nitrogens with zero attached hydrogens (tertiary/aromatic N) is 4. The summed E-state index contributed by atoms with van der Waals surface area (Å²) in [5.41, 5.74) is 15.8. The zero-order chi connectivity index (χ0) is 42.4. The predicted molar refractivity (Wildman–Crippen MR) is 264 cm³/mol. The van der Waals surface area contributed by atoms with Crippen molar-refractivity contribution >= 4 is 62.6 Å². The molecule has 0 saturated heterocycles. The van der Waals surface area contributed by atoms with Crippen LogP contribution in [-0.4, -0.2) is 0 Å². The van der Waals surface area contributed by atoms with Crippen LogP contribution in [0.2, 0.25) is 0 Å². The number of hydrogen-bond acceptors (Lipinski definition) is 4. The van der Waals surface area contributed by atoms with Crippen LogP contribution in [0.4, 0.5) is 62.6 Å². The Labute approximate surface area is 367 Å². The van der Waals surface area contributed by atoms with Crippen molar-refractivity contribution in [2.24, 2.45) is 11.8 Å². The Balaban J connectivity index is 1.14. The van der Waals surface area contributed by atoms with Crippen molar-refractivity contribution in [3.05, 3.63) is 247 Å². The van der Waals surface area contributed by atoms with Gasteiger partial charge in [-0.2, -0.15) is 0 Å². The van der Waals surface area contributed by atoms with E-state index in [1.54, 1.807) is 0 Å². The molecular formula is C58H52N4. The molecule has 2 atom stereocenters. The van der Waals surface area contributed by atoms with Gasteiger partial charge in [-0.3, -0.25) is 0 Å². The Kier molecular flexibility index (Phi) is 11.6. The number of rotatable bonds is 12. The zero-order valence-corrected chi connectivity index (χ0v) is 35.9. The first-order valence-electron chi connectivity index (χ1n) is 21.6. The molecule has 0 fully saturated rings. The highest BCUT2D eigenvalue weighted by atomic mass is 15.2. The molecule has 8 aromatic carbocycles. The Morgan fingerprint density at radius 1 is 0.306 bits per heavy atom. The highest BCUT2D eigenvalue weighted by Gasteiger charge is 2.25. The van der Waals surface area contributed by atoms with Gasteiger partial charge in [-0.05, 0) is 170 Å². The smallest absolute Gasteiger partial charge is 0.0464 e. The third-order valence-corrected chi connectivity index (χ3v) is 11.9. The van der Waals surface area contributed by atoms with E-state index in [-0.39, 0.29) is 0 Å². The molecule has 0 amide bonds. The van der Waals surface area contributed by atoms with Gasteiger partial charge < -0.3 is 19.6 Å². The predicted octanol–water partition coefficient (Wildman–Crippen LogP) is 16.6. The normalized spacial score (nSPS) is 14.5. The molecule has 8 aromatic rings. The minimum atomic E-state index is 0.360. The fraction of sp³-hybridized carbons (Fsp3) is 0.103. The Morgan fingerprint density at radius 2 is 0.597 bits per heavy atom. The lowest BCUT2D eigenvalue weighted by molar-refractivity contribution is 0.515. The number of anilines is 11. The summed E-state index contributed by atoms with van der Waals surface area (Å²) in [6.45, 7) is 8.92. The summed E-state index contributed by atoms with van der Waals surface area (Å²) in [5, 5.41) is 0. The lowest BCUT2D eigenvalue weighted by Crippen LogP contribution is -2.26. The molecule has 0 aliphatic heterocycles. The summed E-state index contributed by atoms with van der Waals surface area (Å²) in [6.07, 6.45) is 6.77. The van der Waals surface area contributed by atoms with Crippen LogP contribution < -0.4 is 19.6 Å². The van der Waals surface area contributed by atoms with Gasteiger partial charge in [0.15, 0.2) is 0 Å². The third kappa shape index (κ3) is 8.41. The minimum Gasteiger partial charge on any atom is -0.314 e. The van der Waals surface area contributed by atoms with Crippen molar-refractivity contribution in [1.82, 2.24) is 0 Å². The van der Waals surface area contributed by atoms with Crippen LogP contribution in [0.1, 0.15) is 25.0 Å². The van der Waals surface area contributed by atoms with Gasteiger partial charge in [0.1, 0.15) is 0 Å². The van der Waals surface area contributed by atoms with E-state index in [1.165, 1.54) is 16.8 Å². The van der Waals surface area contributed by atoms with Crippen LogP contribution >= 0.6 is 0 Å². The molecule has 4 heteroatoms. The lowest BCUT2D eigenvalue weighted by Gasteiger charge is -2.35. The van der Waals surface area contributed by atoms with Gasteiger partial charge in [-0.25, -0.2) is 0 Å². The molecule has 0 N–H and O–H groups in total. The Morgan fingerprint density at radius 3 is 0.952 bits per heavy atom. The van der Waals surface area contributed by atoms with E-state index >= 15 is 0 Å². The van der Waals surface area contributed by atoms with Crippen molar-refractivity contribution in [1.29, 1.82) is 0 Å². The zero-order valence-electron chi connectivity index (χ0n) is 35.9. The van der Waals surface area contributed by atoms with Gasteiger partial charge in [-0.15, -0.1) is 0 Å². The van der Waals surface area contributed by atoms with Gasteiger partial charge in [-0.1, -0.05) is 105 Å². The van der Waals surface area contributed by atoms with Crippen LogP contribution in [0.25, 0.3) is 0 Å². The Bertz CT molecular complexity index is 2650. The largest absolute Gasteiger partial charge is 0.314 e. The first kappa shape index (κ1) is 39.9. The highest BCUT2D eigenvalue weighted by Crippen LogP contribution is 2.43. The number of allylic oxidation sites excluding steroid dienone is 4. The minimum absolute atomic E-state index is 0.360. The summed E-state index contributed by atoms with van der Waals surface area (Å²) in [4.78, 5) is 9.42. The number of benzene rings is 8. The molecule has 0 heterocycles. The molecular weight excluding hydrogens is 753 g/mol. The van der Waals surface area contributed by atoms with E-state index in [0.29, 0.717) is 11.8 Å². The van der Waals surface area contributed by atoms with Crippen LogP contribution in [0.3, 0.4) is 0 Å².